The summed E-state index contributed by atoms with van der Waals surface area (Å²) in [6.07, 6.45) is 1.52. The van der Waals surface area contributed by atoms with Gasteiger partial charge in [0, 0.05) is 30.8 Å². The SMILES string of the molecule is CCn1ncc(NC(=O)c2ccc(OC)c(COc3cc(C)ccc3C)c2)c1C(=O)N1CCOCC1. The van der Waals surface area contributed by atoms with Crippen LogP contribution in [0.5, 0.6) is 11.5 Å². The molecular formula is C27H32N4O5. The van der Waals surface area contributed by atoms with Crippen molar-refractivity contribution in [2.75, 3.05) is 38.7 Å². The summed E-state index contributed by atoms with van der Waals surface area (Å²) in [5, 5.41) is 7.18. The molecule has 1 aliphatic rings. The van der Waals surface area contributed by atoms with Gasteiger partial charge in [-0.2, -0.15) is 5.10 Å². The first-order valence-electron chi connectivity index (χ1n) is 12.0. The first kappa shape index (κ1) is 25.2. The summed E-state index contributed by atoms with van der Waals surface area (Å²) in [5.41, 5.74) is 4.02. The number of ether oxygens (including phenoxy) is 3. The molecule has 1 aliphatic heterocycles. The van der Waals surface area contributed by atoms with Crippen LogP contribution in [0, 0.1) is 13.8 Å². The van der Waals surface area contributed by atoms with Gasteiger partial charge in [-0.1, -0.05) is 12.1 Å². The van der Waals surface area contributed by atoms with Crippen LogP contribution in [0.2, 0.25) is 0 Å². The van der Waals surface area contributed by atoms with Gasteiger partial charge in [-0.3, -0.25) is 14.3 Å². The summed E-state index contributed by atoms with van der Waals surface area (Å²) in [7, 11) is 1.58. The molecule has 1 N–H and O–H groups in total. The molecule has 9 heteroatoms. The van der Waals surface area contributed by atoms with Crippen LogP contribution < -0.4 is 14.8 Å². The second kappa shape index (κ2) is 11.3. The van der Waals surface area contributed by atoms with Gasteiger partial charge in [-0.05, 0) is 56.2 Å². The van der Waals surface area contributed by atoms with Gasteiger partial charge >= 0.3 is 0 Å². The number of hydrogen-bond donors (Lipinski definition) is 1. The van der Waals surface area contributed by atoms with E-state index in [0.717, 1.165) is 22.4 Å². The fourth-order valence-electron chi connectivity index (χ4n) is 4.10. The molecule has 9 nitrogen and oxygen atoms in total. The largest absolute Gasteiger partial charge is 0.496 e. The summed E-state index contributed by atoms with van der Waals surface area (Å²) in [6.45, 7) is 8.64. The number of carbonyl (C=O) groups is 2. The summed E-state index contributed by atoms with van der Waals surface area (Å²) >= 11 is 0. The third-order valence-corrected chi connectivity index (χ3v) is 6.16. The molecule has 2 amide bonds. The monoisotopic (exact) mass is 492 g/mol. The summed E-state index contributed by atoms with van der Waals surface area (Å²) in [4.78, 5) is 28.1. The molecule has 1 aromatic heterocycles. The van der Waals surface area contributed by atoms with Crippen LogP contribution in [-0.4, -0.2) is 59.9 Å². The number of benzene rings is 2. The standard InChI is InChI=1S/C27H32N4O5/c1-5-31-25(27(33)30-10-12-35-13-11-30)22(16-28-31)29-26(32)20-8-9-23(34-4)21(15-20)17-36-24-14-18(2)6-7-19(24)3/h6-9,14-16H,5,10-13,17H2,1-4H3,(H,29,32). The molecule has 3 aromatic rings. The molecule has 4 rings (SSSR count). The van der Waals surface area contributed by atoms with Gasteiger partial charge in [-0.25, -0.2) is 0 Å². The maximum Gasteiger partial charge on any atom is 0.274 e. The van der Waals surface area contributed by atoms with Gasteiger partial charge in [0.1, 0.15) is 23.8 Å². The lowest BCUT2D eigenvalue weighted by molar-refractivity contribution is 0.0295. The predicted octanol–water partition coefficient (Wildman–Crippen LogP) is 3.83. The summed E-state index contributed by atoms with van der Waals surface area (Å²) in [5.74, 6) is 0.881. The van der Waals surface area contributed by atoms with Gasteiger partial charge in [-0.15, -0.1) is 0 Å². The van der Waals surface area contributed by atoms with E-state index in [1.807, 2.05) is 39.0 Å². The third kappa shape index (κ3) is 5.52. The van der Waals surface area contributed by atoms with Crippen molar-refractivity contribution in [3.8, 4) is 11.5 Å². The number of nitrogens with one attached hydrogen (secondary N) is 1. The lowest BCUT2D eigenvalue weighted by Crippen LogP contribution is -2.41. The van der Waals surface area contributed by atoms with Gasteiger partial charge in [0.2, 0.25) is 0 Å². The van der Waals surface area contributed by atoms with Crippen LogP contribution in [0.15, 0.2) is 42.6 Å². The van der Waals surface area contributed by atoms with Crippen LogP contribution in [0.3, 0.4) is 0 Å². The Balaban J connectivity index is 1.54. The molecular weight excluding hydrogens is 460 g/mol. The van der Waals surface area contributed by atoms with E-state index in [4.69, 9.17) is 14.2 Å². The van der Waals surface area contributed by atoms with E-state index < -0.39 is 0 Å². The minimum Gasteiger partial charge on any atom is -0.496 e. The normalized spacial score (nSPS) is 13.4. The van der Waals surface area contributed by atoms with E-state index in [1.54, 1.807) is 34.9 Å². The Kier molecular flexibility index (Phi) is 7.90. The molecule has 0 radical (unpaired) electrons. The molecule has 0 aliphatic carbocycles. The number of rotatable bonds is 8. The zero-order valence-corrected chi connectivity index (χ0v) is 21.2. The van der Waals surface area contributed by atoms with Crippen molar-refractivity contribution in [1.82, 2.24) is 14.7 Å². The van der Waals surface area contributed by atoms with Crippen LogP contribution in [0.1, 0.15) is 44.5 Å². The molecule has 2 heterocycles. The fraction of sp³-hybridized carbons (Fsp3) is 0.370. The van der Waals surface area contributed by atoms with Gasteiger partial charge in [0.05, 0.1) is 32.2 Å². The molecule has 0 unspecified atom stereocenters. The van der Waals surface area contributed by atoms with Crippen molar-refractivity contribution in [2.45, 2.75) is 33.9 Å². The average molecular weight is 493 g/mol. The maximum atomic E-state index is 13.2. The zero-order chi connectivity index (χ0) is 25.7. The predicted molar refractivity (Wildman–Crippen MR) is 136 cm³/mol. The third-order valence-electron chi connectivity index (χ3n) is 6.16. The Morgan fingerprint density at radius 2 is 1.86 bits per heavy atom. The van der Waals surface area contributed by atoms with E-state index in [-0.39, 0.29) is 18.4 Å². The Morgan fingerprint density at radius 3 is 2.58 bits per heavy atom. The van der Waals surface area contributed by atoms with Crippen molar-refractivity contribution in [1.29, 1.82) is 0 Å². The van der Waals surface area contributed by atoms with Crippen LogP contribution in [-0.2, 0) is 17.9 Å². The number of aryl methyl sites for hydroxylation is 3. The first-order valence-corrected chi connectivity index (χ1v) is 12.0. The average Bonchev–Trinajstić information content (AvgIpc) is 3.31. The highest BCUT2D eigenvalue weighted by Gasteiger charge is 2.26. The quantitative estimate of drug-likeness (QED) is 0.514. The van der Waals surface area contributed by atoms with E-state index >= 15 is 0 Å². The highest BCUT2D eigenvalue weighted by Crippen LogP contribution is 2.26. The Hall–Kier alpha value is -3.85. The topological polar surface area (TPSA) is 94.9 Å². The minimum absolute atomic E-state index is 0.176. The number of hydrogen-bond acceptors (Lipinski definition) is 6. The molecule has 1 fully saturated rings. The lowest BCUT2D eigenvalue weighted by atomic mass is 10.1. The number of carbonyl (C=O) groups excluding carboxylic acids is 2. The second-order valence-electron chi connectivity index (χ2n) is 8.67. The molecule has 190 valence electrons. The fourth-order valence-corrected chi connectivity index (χ4v) is 4.10. The zero-order valence-electron chi connectivity index (χ0n) is 21.2. The Morgan fingerprint density at radius 1 is 1.08 bits per heavy atom. The highest BCUT2D eigenvalue weighted by atomic mass is 16.5. The molecule has 0 atom stereocenters. The maximum absolute atomic E-state index is 13.2. The molecule has 36 heavy (non-hydrogen) atoms. The van der Waals surface area contributed by atoms with Gasteiger partial charge in [0.15, 0.2) is 0 Å². The van der Waals surface area contributed by atoms with E-state index in [1.165, 1.54) is 6.20 Å². The first-order chi connectivity index (χ1) is 17.4. The smallest absolute Gasteiger partial charge is 0.274 e. The molecule has 0 saturated carbocycles. The number of morpholine rings is 1. The van der Waals surface area contributed by atoms with Crippen LogP contribution in [0.25, 0.3) is 0 Å². The number of nitrogens with zero attached hydrogens (tertiary/aromatic N) is 3. The Labute approximate surface area is 210 Å². The number of methoxy groups -OCH3 is 1. The van der Waals surface area contributed by atoms with Crippen molar-refractivity contribution < 1.29 is 23.8 Å². The molecule has 0 bridgehead atoms. The van der Waals surface area contributed by atoms with Crippen LogP contribution in [0.4, 0.5) is 5.69 Å². The van der Waals surface area contributed by atoms with Crippen molar-refractivity contribution in [3.63, 3.8) is 0 Å². The molecule has 1 saturated heterocycles. The number of amides is 2. The number of aromatic nitrogens is 2. The van der Waals surface area contributed by atoms with Crippen LogP contribution >= 0.6 is 0 Å². The molecule has 0 spiro atoms. The van der Waals surface area contributed by atoms with Crippen molar-refractivity contribution in [3.05, 3.63) is 70.5 Å². The van der Waals surface area contributed by atoms with E-state index in [9.17, 15) is 9.59 Å². The molecule has 2 aromatic carbocycles. The van der Waals surface area contributed by atoms with E-state index in [2.05, 4.69) is 10.4 Å². The van der Waals surface area contributed by atoms with Gasteiger partial charge in [0.25, 0.3) is 11.8 Å². The summed E-state index contributed by atoms with van der Waals surface area (Å²) < 4.78 is 18.5. The lowest BCUT2D eigenvalue weighted by Gasteiger charge is -2.27. The second-order valence-corrected chi connectivity index (χ2v) is 8.67. The van der Waals surface area contributed by atoms with Gasteiger partial charge < -0.3 is 24.4 Å². The van der Waals surface area contributed by atoms with Crippen molar-refractivity contribution >= 4 is 17.5 Å². The highest BCUT2D eigenvalue weighted by molar-refractivity contribution is 6.08. The summed E-state index contributed by atoms with van der Waals surface area (Å²) in [6, 6.07) is 11.2. The minimum atomic E-state index is -0.350. The van der Waals surface area contributed by atoms with E-state index in [0.29, 0.717) is 55.5 Å². The Bertz CT molecular complexity index is 1250. The van der Waals surface area contributed by atoms with Crippen molar-refractivity contribution in [2.24, 2.45) is 0 Å². The number of anilines is 1.